The Labute approximate surface area is 127 Å². The van der Waals surface area contributed by atoms with Gasteiger partial charge in [-0.25, -0.2) is 0 Å². The SMILES string of the molecule is CCN1CCN(C2CCc3cc(OC)ccc3C2N)CC1. The molecule has 1 saturated heterocycles. The van der Waals surface area contributed by atoms with Crippen molar-refractivity contribution in [3.8, 4) is 5.75 Å². The van der Waals surface area contributed by atoms with Crippen molar-refractivity contribution < 1.29 is 4.74 Å². The molecule has 2 aliphatic rings. The average Bonchev–Trinajstić information content (AvgIpc) is 2.55. The largest absolute Gasteiger partial charge is 0.497 e. The van der Waals surface area contributed by atoms with Gasteiger partial charge in [-0.2, -0.15) is 0 Å². The lowest BCUT2D eigenvalue weighted by Gasteiger charge is -2.43. The van der Waals surface area contributed by atoms with Crippen molar-refractivity contribution in [1.82, 2.24) is 9.80 Å². The van der Waals surface area contributed by atoms with Crippen molar-refractivity contribution >= 4 is 0 Å². The summed E-state index contributed by atoms with van der Waals surface area (Å²) in [6, 6.07) is 6.97. The third-order valence-corrected chi connectivity index (χ3v) is 5.16. The summed E-state index contributed by atoms with van der Waals surface area (Å²) in [7, 11) is 1.72. The summed E-state index contributed by atoms with van der Waals surface area (Å²) in [5, 5.41) is 0. The minimum Gasteiger partial charge on any atom is -0.497 e. The Bertz CT molecular complexity index is 483. The molecule has 1 fully saturated rings. The Morgan fingerprint density at radius 2 is 2.00 bits per heavy atom. The van der Waals surface area contributed by atoms with Gasteiger partial charge in [0.05, 0.1) is 7.11 Å². The van der Waals surface area contributed by atoms with Gasteiger partial charge in [-0.1, -0.05) is 13.0 Å². The van der Waals surface area contributed by atoms with Crippen molar-refractivity contribution in [3.05, 3.63) is 29.3 Å². The van der Waals surface area contributed by atoms with Gasteiger partial charge in [0.15, 0.2) is 0 Å². The number of fused-ring (bicyclic) bond motifs is 1. The van der Waals surface area contributed by atoms with Crippen LogP contribution in [0.2, 0.25) is 0 Å². The zero-order valence-electron chi connectivity index (χ0n) is 13.2. The maximum Gasteiger partial charge on any atom is 0.119 e. The molecule has 2 unspecified atom stereocenters. The molecule has 0 aromatic heterocycles. The highest BCUT2D eigenvalue weighted by molar-refractivity contribution is 5.40. The fourth-order valence-electron chi connectivity index (χ4n) is 3.76. The number of aryl methyl sites for hydroxylation is 1. The Morgan fingerprint density at radius 3 is 2.67 bits per heavy atom. The minimum absolute atomic E-state index is 0.132. The first-order chi connectivity index (χ1) is 10.2. The van der Waals surface area contributed by atoms with E-state index in [-0.39, 0.29) is 6.04 Å². The predicted molar refractivity (Wildman–Crippen MR) is 85.7 cm³/mol. The summed E-state index contributed by atoms with van der Waals surface area (Å²) in [6.45, 7) is 8.05. The first kappa shape index (κ1) is 14.8. The maximum atomic E-state index is 6.58. The molecule has 0 saturated carbocycles. The van der Waals surface area contributed by atoms with Crippen LogP contribution in [-0.2, 0) is 6.42 Å². The van der Waals surface area contributed by atoms with Gasteiger partial charge in [-0.3, -0.25) is 4.90 Å². The quantitative estimate of drug-likeness (QED) is 0.919. The normalized spacial score (nSPS) is 27.4. The molecule has 1 aromatic carbocycles. The number of piperazine rings is 1. The highest BCUT2D eigenvalue weighted by Gasteiger charge is 2.32. The highest BCUT2D eigenvalue weighted by Crippen LogP contribution is 2.33. The highest BCUT2D eigenvalue weighted by atomic mass is 16.5. The van der Waals surface area contributed by atoms with E-state index in [0.717, 1.165) is 38.2 Å². The Morgan fingerprint density at radius 1 is 1.24 bits per heavy atom. The van der Waals surface area contributed by atoms with Crippen LogP contribution in [-0.4, -0.2) is 55.7 Å². The molecular weight excluding hydrogens is 262 g/mol. The van der Waals surface area contributed by atoms with Gasteiger partial charge in [0.25, 0.3) is 0 Å². The second kappa shape index (κ2) is 6.34. The molecule has 0 spiro atoms. The third-order valence-electron chi connectivity index (χ3n) is 5.16. The lowest BCUT2D eigenvalue weighted by atomic mass is 9.83. The van der Waals surface area contributed by atoms with E-state index in [0.29, 0.717) is 6.04 Å². The van der Waals surface area contributed by atoms with E-state index in [1.54, 1.807) is 7.11 Å². The van der Waals surface area contributed by atoms with Gasteiger partial charge in [-0.05, 0) is 42.6 Å². The number of rotatable bonds is 3. The lowest BCUT2D eigenvalue weighted by Crippen LogP contribution is -2.54. The van der Waals surface area contributed by atoms with Crippen LogP contribution in [0, 0.1) is 0 Å². The molecule has 0 amide bonds. The summed E-state index contributed by atoms with van der Waals surface area (Å²) in [4.78, 5) is 5.12. The van der Waals surface area contributed by atoms with Gasteiger partial charge < -0.3 is 15.4 Å². The van der Waals surface area contributed by atoms with E-state index in [9.17, 15) is 0 Å². The number of nitrogens with zero attached hydrogens (tertiary/aromatic N) is 2. The molecule has 4 heteroatoms. The van der Waals surface area contributed by atoms with Crippen molar-refractivity contribution in [2.24, 2.45) is 5.73 Å². The van der Waals surface area contributed by atoms with Crippen LogP contribution in [0.25, 0.3) is 0 Å². The fraction of sp³-hybridized carbons (Fsp3) is 0.647. The molecule has 1 aliphatic heterocycles. The molecule has 4 nitrogen and oxygen atoms in total. The Balaban J connectivity index is 1.72. The number of hydrogen-bond donors (Lipinski definition) is 1. The molecule has 1 aliphatic carbocycles. The van der Waals surface area contributed by atoms with E-state index in [4.69, 9.17) is 10.5 Å². The summed E-state index contributed by atoms with van der Waals surface area (Å²) < 4.78 is 5.33. The lowest BCUT2D eigenvalue weighted by molar-refractivity contribution is 0.0801. The first-order valence-electron chi connectivity index (χ1n) is 8.11. The summed E-state index contributed by atoms with van der Waals surface area (Å²) >= 11 is 0. The van der Waals surface area contributed by atoms with Gasteiger partial charge in [0.2, 0.25) is 0 Å². The van der Waals surface area contributed by atoms with Crippen LogP contribution in [0.5, 0.6) is 5.75 Å². The molecule has 2 N–H and O–H groups in total. The first-order valence-corrected chi connectivity index (χ1v) is 8.11. The second-order valence-corrected chi connectivity index (χ2v) is 6.17. The van der Waals surface area contributed by atoms with Crippen molar-refractivity contribution in [2.75, 3.05) is 39.8 Å². The molecule has 116 valence electrons. The number of nitrogens with two attached hydrogens (primary N) is 1. The number of methoxy groups -OCH3 is 1. The minimum atomic E-state index is 0.132. The van der Waals surface area contributed by atoms with Gasteiger partial charge >= 0.3 is 0 Å². The predicted octanol–water partition coefficient (Wildman–Crippen LogP) is 1.65. The standard InChI is InChI=1S/C17H27N3O/c1-3-19-8-10-20(11-9-19)16-7-4-13-12-14(21-2)5-6-15(13)17(16)18/h5-6,12,16-17H,3-4,7-11,18H2,1-2H3. The van der Waals surface area contributed by atoms with Crippen LogP contribution < -0.4 is 10.5 Å². The van der Waals surface area contributed by atoms with E-state index >= 15 is 0 Å². The Hall–Kier alpha value is -1.10. The number of likely N-dealkylation sites (N-methyl/N-ethyl adjacent to an activating group) is 1. The average molecular weight is 289 g/mol. The second-order valence-electron chi connectivity index (χ2n) is 6.17. The van der Waals surface area contributed by atoms with Gasteiger partial charge in [0, 0.05) is 38.3 Å². The monoisotopic (exact) mass is 289 g/mol. The zero-order chi connectivity index (χ0) is 14.8. The van der Waals surface area contributed by atoms with E-state index in [2.05, 4.69) is 28.9 Å². The maximum absolute atomic E-state index is 6.58. The topological polar surface area (TPSA) is 41.7 Å². The van der Waals surface area contributed by atoms with Crippen molar-refractivity contribution in [1.29, 1.82) is 0 Å². The molecule has 1 heterocycles. The smallest absolute Gasteiger partial charge is 0.119 e. The fourth-order valence-corrected chi connectivity index (χ4v) is 3.76. The van der Waals surface area contributed by atoms with Crippen LogP contribution in [0.1, 0.15) is 30.5 Å². The number of benzene rings is 1. The van der Waals surface area contributed by atoms with Crippen LogP contribution in [0.15, 0.2) is 18.2 Å². The molecular formula is C17H27N3O. The van der Waals surface area contributed by atoms with E-state index < -0.39 is 0 Å². The Kier molecular flexibility index (Phi) is 4.48. The molecule has 0 radical (unpaired) electrons. The molecule has 1 aromatic rings. The van der Waals surface area contributed by atoms with Crippen LogP contribution in [0.3, 0.4) is 0 Å². The number of ether oxygens (including phenoxy) is 1. The summed E-state index contributed by atoms with van der Waals surface area (Å²) in [5.41, 5.74) is 9.26. The van der Waals surface area contributed by atoms with Gasteiger partial charge in [-0.15, -0.1) is 0 Å². The van der Waals surface area contributed by atoms with E-state index in [1.807, 2.05) is 6.07 Å². The van der Waals surface area contributed by atoms with Crippen molar-refractivity contribution in [3.63, 3.8) is 0 Å². The van der Waals surface area contributed by atoms with E-state index in [1.165, 1.54) is 24.2 Å². The molecule has 21 heavy (non-hydrogen) atoms. The third kappa shape index (κ3) is 2.93. The van der Waals surface area contributed by atoms with Crippen LogP contribution in [0.4, 0.5) is 0 Å². The van der Waals surface area contributed by atoms with Gasteiger partial charge in [0.1, 0.15) is 5.75 Å². The molecule has 3 rings (SSSR count). The summed E-state index contributed by atoms with van der Waals surface area (Å²) in [5.74, 6) is 0.941. The van der Waals surface area contributed by atoms with Crippen molar-refractivity contribution in [2.45, 2.75) is 31.8 Å². The molecule has 2 atom stereocenters. The van der Waals surface area contributed by atoms with Crippen LogP contribution >= 0.6 is 0 Å². The number of hydrogen-bond acceptors (Lipinski definition) is 4. The summed E-state index contributed by atoms with van der Waals surface area (Å²) in [6.07, 6.45) is 2.27. The zero-order valence-corrected chi connectivity index (χ0v) is 13.2. The molecule has 0 bridgehead atoms.